The topological polar surface area (TPSA) is 76.2 Å². The summed E-state index contributed by atoms with van der Waals surface area (Å²) in [7, 11) is 1.83. The van der Waals surface area contributed by atoms with Gasteiger partial charge in [-0.25, -0.2) is 4.68 Å². The van der Waals surface area contributed by atoms with Crippen LogP contribution in [-0.4, -0.2) is 25.2 Å². The van der Waals surface area contributed by atoms with E-state index >= 15 is 0 Å². The molecule has 0 aliphatic rings. The van der Waals surface area contributed by atoms with Crippen LogP contribution in [0.1, 0.15) is 18.2 Å². The molecular formula is C19H20N6OS. The zero-order chi connectivity index (χ0) is 19.4. The van der Waals surface area contributed by atoms with Gasteiger partial charge in [-0.05, 0) is 44.3 Å². The Morgan fingerprint density at radius 3 is 2.59 bits per heavy atom. The van der Waals surface area contributed by atoms with Crippen molar-refractivity contribution in [1.29, 1.82) is 0 Å². The Morgan fingerprint density at radius 1 is 1.19 bits per heavy atom. The zero-order valence-corrected chi connectivity index (χ0v) is 16.1. The van der Waals surface area contributed by atoms with Gasteiger partial charge in [0, 0.05) is 25.0 Å². The number of hydrogen-bond donors (Lipinski definition) is 2. The average Bonchev–Trinajstić information content (AvgIpc) is 2.90. The van der Waals surface area contributed by atoms with Crippen LogP contribution >= 0.6 is 12.2 Å². The predicted octanol–water partition coefficient (Wildman–Crippen LogP) is 2.59. The normalized spacial score (nSPS) is 11.3. The lowest BCUT2D eigenvalue weighted by atomic mass is 10.2. The molecule has 138 valence electrons. The quantitative estimate of drug-likeness (QED) is 0.413. The van der Waals surface area contributed by atoms with Crippen LogP contribution in [0.25, 0.3) is 5.69 Å². The predicted molar refractivity (Wildman–Crippen MR) is 112 cm³/mol. The van der Waals surface area contributed by atoms with Crippen LogP contribution in [0.5, 0.6) is 0 Å². The molecule has 0 unspecified atom stereocenters. The summed E-state index contributed by atoms with van der Waals surface area (Å²) in [6.07, 6.45) is 3.42. The Bertz CT molecular complexity index is 1040. The summed E-state index contributed by atoms with van der Waals surface area (Å²) < 4.78 is 3.37. The van der Waals surface area contributed by atoms with Gasteiger partial charge in [0.05, 0.1) is 17.1 Å². The van der Waals surface area contributed by atoms with Crippen molar-refractivity contribution in [2.45, 2.75) is 13.8 Å². The van der Waals surface area contributed by atoms with E-state index in [1.807, 2.05) is 63.4 Å². The number of nitrogens with zero attached hydrogens (tertiary/aromatic N) is 4. The highest BCUT2D eigenvalue weighted by atomic mass is 32.1. The van der Waals surface area contributed by atoms with Gasteiger partial charge in [0.25, 0.3) is 5.56 Å². The van der Waals surface area contributed by atoms with E-state index in [1.54, 1.807) is 21.8 Å². The van der Waals surface area contributed by atoms with Crippen LogP contribution in [0.2, 0.25) is 0 Å². The van der Waals surface area contributed by atoms with E-state index in [2.05, 4.69) is 20.8 Å². The van der Waals surface area contributed by atoms with Crippen molar-refractivity contribution in [3.8, 4) is 5.69 Å². The molecule has 0 bridgehead atoms. The van der Waals surface area contributed by atoms with E-state index in [9.17, 15) is 4.79 Å². The SMILES string of the molecule is C/C(=N/NC(=S)Nc1c(C)n(C)n(-c2ccccc2)c1=O)c1cccnc1. The third-order valence-electron chi connectivity index (χ3n) is 4.20. The van der Waals surface area contributed by atoms with Crippen LogP contribution in [0.3, 0.4) is 0 Å². The van der Waals surface area contributed by atoms with Crippen molar-refractivity contribution in [3.05, 3.63) is 76.5 Å². The lowest BCUT2D eigenvalue weighted by Gasteiger charge is -2.07. The minimum Gasteiger partial charge on any atom is -0.325 e. The number of aromatic nitrogens is 3. The fourth-order valence-corrected chi connectivity index (χ4v) is 2.78. The summed E-state index contributed by atoms with van der Waals surface area (Å²) in [5, 5.41) is 7.44. The second kappa shape index (κ2) is 7.96. The number of hydrogen-bond acceptors (Lipinski definition) is 4. The molecule has 0 fully saturated rings. The molecule has 8 heteroatoms. The highest BCUT2D eigenvalue weighted by Crippen LogP contribution is 2.13. The lowest BCUT2D eigenvalue weighted by molar-refractivity contribution is 0.630. The molecule has 0 aliphatic heterocycles. The molecule has 0 saturated heterocycles. The molecule has 0 saturated carbocycles. The Morgan fingerprint density at radius 2 is 1.93 bits per heavy atom. The first kappa shape index (κ1) is 18.5. The molecule has 0 spiro atoms. The average molecular weight is 380 g/mol. The van der Waals surface area contributed by atoms with E-state index in [1.165, 1.54) is 0 Å². The summed E-state index contributed by atoms with van der Waals surface area (Å²) in [6, 6.07) is 13.2. The molecule has 7 nitrogen and oxygen atoms in total. The molecule has 2 aromatic heterocycles. The number of rotatable bonds is 4. The third kappa shape index (κ3) is 3.95. The van der Waals surface area contributed by atoms with Crippen molar-refractivity contribution in [2.75, 3.05) is 5.32 Å². The van der Waals surface area contributed by atoms with E-state index in [-0.39, 0.29) is 10.7 Å². The smallest absolute Gasteiger partial charge is 0.295 e. The molecule has 0 atom stereocenters. The first-order valence-electron chi connectivity index (χ1n) is 8.34. The molecule has 0 aliphatic carbocycles. The number of nitrogens with one attached hydrogen (secondary N) is 2. The minimum atomic E-state index is -0.182. The Labute approximate surface area is 162 Å². The third-order valence-corrected chi connectivity index (χ3v) is 4.39. The molecule has 2 heterocycles. The Kier molecular flexibility index (Phi) is 5.46. The maximum absolute atomic E-state index is 12.9. The maximum Gasteiger partial charge on any atom is 0.295 e. The number of para-hydroxylation sites is 1. The van der Waals surface area contributed by atoms with Crippen LogP contribution in [0.4, 0.5) is 5.69 Å². The van der Waals surface area contributed by atoms with Crippen LogP contribution in [0.15, 0.2) is 64.8 Å². The summed E-state index contributed by atoms with van der Waals surface area (Å²) >= 11 is 5.29. The van der Waals surface area contributed by atoms with E-state index < -0.39 is 0 Å². The fourth-order valence-electron chi connectivity index (χ4n) is 2.63. The van der Waals surface area contributed by atoms with E-state index in [0.29, 0.717) is 5.69 Å². The molecule has 0 radical (unpaired) electrons. The number of hydrazone groups is 1. The molecule has 1 aromatic carbocycles. The maximum atomic E-state index is 12.9. The summed E-state index contributed by atoms with van der Waals surface area (Å²) in [4.78, 5) is 16.9. The number of thiocarbonyl (C=S) groups is 1. The van der Waals surface area contributed by atoms with Gasteiger partial charge in [-0.3, -0.25) is 19.9 Å². The van der Waals surface area contributed by atoms with Crippen molar-refractivity contribution < 1.29 is 0 Å². The highest BCUT2D eigenvalue weighted by molar-refractivity contribution is 7.80. The van der Waals surface area contributed by atoms with Crippen molar-refractivity contribution in [1.82, 2.24) is 19.8 Å². The first-order valence-corrected chi connectivity index (χ1v) is 8.75. The van der Waals surface area contributed by atoms with Gasteiger partial charge in [0.15, 0.2) is 5.11 Å². The van der Waals surface area contributed by atoms with Crippen molar-refractivity contribution >= 4 is 28.7 Å². The number of pyridine rings is 1. The Balaban J connectivity index is 1.80. The van der Waals surface area contributed by atoms with Crippen LogP contribution < -0.4 is 16.3 Å². The van der Waals surface area contributed by atoms with Gasteiger partial charge >= 0.3 is 0 Å². The minimum absolute atomic E-state index is 0.182. The standard InChI is InChI=1S/C19H20N6OS/c1-13(15-8-7-11-20-12-15)22-23-19(27)21-17-14(2)24(3)25(18(17)26)16-9-5-4-6-10-16/h4-12H,1-3H3,(H2,21,23,27)/b22-13-. The second-order valence-corrected chi connectivity index (χ2v) is 6.35. The number of anilines is 1. The number of benzene rings is 1. The first-order chi connectivity index (χ1) is 13.0. The Hall–Kier alpha value is -3.26. The van der Waals surface area contributed by atoms with E-state index in [0.717, 1.165) is 22.7 Å². The monoisotopic (exact) mass is 380 g/mol. The van der Waals surface area contributed by atoms with Gasteiger partial charge in [0.1, 0.15) is 5.69 Å². The molecule has 27 heavy (non-hydrogen) atoms. The van der Waals surface area contributed by atoms with Crippen molar-refractivity contribution in [3.63, 3.8) is 0 Å². The largest absolute Gasteiger partial charge is 0.325 e. The van der Waals surface area contributed by atoms with Gasteiger partial charge in [-0.2, -0.15) is 5.10 Å². The summed E-state index contributed by atoms with van der Waals surface area (Å²) in [5.74, 6) is 0. The van der Waals surface area contributed by atoms with Gasteiger partial charge in [-0.15, -0.1) is 0 Å². The van der Waals surface area contributed by atoms with Gasteiger partial charge in [-0.1, -0.05) is 24.3 Å². The van der Waals surface area contributed by atoms with Crippen LogP contribution in [0, 0.1) is 6.92 Å². The molecule has 2 N–H and O–H groups in total. The fraction of sp³-hybridized carbons (Fsp3) is 0.158. The van der Waals surface area contributed by atoms with Gasteiger partial charge in [0.2, 0.25) is 0 Å². The molecule has 3 aromatic rings. The van der Waals surface area contributed by atoms with Gasteiger partial charge < -0.3 is 5.32 Å². The second-order valence-electron chi connectivity index (χ2n) is 5.94. The summed E-state index contributed by atoms with van der Waals surface area (Å²) in [6.45, 7) is 3.71. The lowest BCUT2D eigenvalue weighted by Crippen LogP contribution is -2.28. The summed E-state index contributed by atoms with van der Waals surface area (Å²) in [5.41, 5.74) is 6.17. The highest BCUT2D eigenvalue weighted by Gasteiger charge is 2.16. The van der Waals surface area contributed by atoms with Crippen molar-refractivity contribution in [2.24, 2.45) is 12.1 Å². The van der Waals surface area contributed by atoms with E-state index in [4.69, 9.17) is 12.2 Å². The molecular weight excluding hydrogens is 360 g/mol. The van der Waals surface area contributed by atoms with Crippen LogP contribution in [-0.2, 0) is 7.05 Å². The molecule has 0 amide bonds. The molecule has 3 rings (SSSR count). The zero-order valence-electron chi connectivity index (χ0n) is 15.3.